The fourth-order valence-corrected chi connectivity index (χ4v) is 0. The number of hydrogen-bond donors (Lipinski definition) is 1. The molecule has 0 heterocycles. The summed E-state index contributed by atoms with van der Waals surface area (Å²) in [6.07, 6.45) is 0. The summed E-state index contributed by atoms with van der Waals surface area (Å²) in [4.78, 5) is 0. The average Bonchev–Trinajstić information content (AvgIpc) is 0.811. The van der Waals surface area contributed by atoms with Gasteiger partial charge in [-0.2, -0.15) is 0 Å². The van der Waals surface area contributed by atoms with E-state index < -0.39 is 0 Å². The predicted octanol–water partition coefficient (Wildman–Crippen LogP) is -2.82. The maximum absolute atomic E-state index is 5.11. The molecular formula is C3H10KNO. The molecule has 0 fully saturated rings. The third-order valence-corrected chi connectivity index (χ3v) is 0. The Morgan fingerprint density at radius 1 is 1.33 bits per heavy atom. The van der Waals surface area contributed by atoms with Gasteiger partial charge in [0.05, 0.1) is 0 Å². The minimum absolute atomic E-state index is 0. The van der Waals surface area contributed by atoms with Gasteiger partial charge in [-0.1, -0.05) is 13.8 Å². The van der Waals surface area contributed by atoms with Crippen molar-refractivity contribution in [2.45, 2.75) is 19.9 Å². The topological polar surface area (TPSA) is 56.0 Å². The monoisotopic (exact) mass is 115 g/mol. The van der Waals surface area contributed by atoms with Crippen molar-refractivity contribution in [2.75, 3.05) is 0 Å². The van der Waals surface area contributed by atoms with Gasteiger partial charge in [0.2, 0.25) is 0 Å². The van der Waals surface area contributed by atoms with E-state index in [1.807, 2.05) is 13.8 Å². The zero-order chi connectivity index (χ0) is 3.58. The molecule has 0 unspecified atom stereocenters. The van der Waals surface area contributed by atoms with Crippen LogP contribution in [0.2, 0.25) is 0 Å². The summed E-state index contributed by atoms with van der Waals surface area (Å²) in [5.41, 5.74) is 5.11. The summed E-state index contributed by atoms with van der Waals surface area (Å²) in [6.45, 7) is 3.89. The van der Waals surface area contributed by atoms with Crippen molar-refractivity contribution in [3.05, 3.63) is 0 Å². The van der Waals surface area contributed by atoms with Crippen LogP contribution in [-0.4, -0.2) is 11.5 Å². The van der Waals surface area contributed by atoms with Crippen molar-refractivity contribution in [1.82, 2.24) is 0 Å². The Labute approximate surface area is 81.2 Å². The van der Waals surface area contributed by atoms with Crippen LogP contribution >= 0.6 is 0 Å². The minimum atomic E-state index is 0. The normalized spacial score (nSPS) is 6.00. The third kappa shape index (κ3) is 47.6. The van der Waals surface area contributed by atoms with E-state index in [1.54, 1.807) is 0 Å². The molecule has 0 aliphatic rings. The summed E-state index contributed by atoms with van der Waals surface area (Å²) in [6, 6.07) is 0.333. The summed E-state index contributed by atoms with van der Waals surface area (Å²) in [7, 11) is 0. The van der Waals surface area contributed by atoms with Crippen LogP contribution in [0, 0.1) is 0 Å². The molecule has 0 radical (unpaired) electrons. The molecule has 0 aliphatic heterocycles. The van der Waals surface area contributed by atoms with Gasteiger partial charge in [0.1, 0.15) is 0 Å². The largest absolute Gasteiger partial charge is 1.00 e. The van der Waals surface area contributed by atoms with Crippen molar-refractivity contribution in [3.8, 4) is 0 Å². The van der Waals surface area contributed by atoms with Crippen LogP contribution in [0.5, 0.6) is 0 Å². The van der Waals surface area contributed by atoms with E-state index in [2.05, 4.69) is 0 Å². The van der Waals surface area contributed by atoms with Gasteiger partial charge in [-0.3, -0.25) is 0 Å². The second-order valence-electron chi connectivity index (χ2n) is 1.24. The van der Waals surface area contributed by atoms with Gasteiger partial charge in [0.25, 0.3) is 0 Å². The zero-order valence-corrected chi connectivity index (χ0v) is 7.73. The van der Waals surface area contributed by atoms with Crippen LogP contribution in [0.25, 0.3) is 0 Å². The number of hydrogen-bond acceptors (Lipinski definition) is 2. The molecule has 0 aliphatic carbocycles. The molecule has 34 valence electrons. The van der Waals surface area contributed by atoms with Crippen LogP contribution in [0.15, 0.2) is 0 Å². The molecule has 0 rings (SSSR count). The van der Waals surface area contributed by atoms with Gasteiger partial charge in [-0.05, 0) is 6.04 Å². The molecule has 0 amide bonds. The van der Waals surface area contributed by atoms with Gasteiger partial charge in [0, 0.05) is 0 Å². The predicted molar refractivity (Wildman–Crippen MR) is 21.3 cm³/mol. The first-order valence-corrected chi connectivity index (χ1v) is 1.49. The molecule has 2 nitrogen and oxygen atoms in total. The van der Waals surface area contributed by atoms with Crippen LogP contribution in [0.4, 0.5) is 0 Å². The Kier molecular flexibility index (Phi) is 25.4. The first kappa shape index (κ1) is 15.6. The van der Waals surface area contributed by atoms with E-state index in [9.17, 15) is 0 Å². The van der Waals surface area contributed by atoms with Crippen molar-refractivity contribution >= 4 is 0 Å². The molecule has 0 spiro atoms. The van der Waals surface area contributed by atoms with E-state index in [4.69, 9.17) is 5.73 Å². The molecule has 0 atom stereocenters. The third-order valence-electron chi connectivity index (χ3n) is 0. The first-order chi connectivity index (χ1) is 1.73. The minimum Gasteiger partial charge on any atom is -0.870 e. The van der Waals surface area contributed by atoms with Crippen LogP contribution in [0.3, 0.4) is 0 Å². The van der Waals surface area contributed by atoms with E-state index in [1.165, 1.54) is 0 Å². The van der Waals surface area contributed by atoms with Crippen molar-refractivity contribution in [1.29, 1.82) is 0 Å². The van der Waals surface area contributed by atoms with Crippen LogP contribution in [0.1, 0.15) is 13.8 Å². The molecule has 0 saturated heterocycles. The van der Waals surface area contributed by atoms with E-state index >= 15 is 0 Å². The summed E-state index contributed by atoms with van der Waals surface area (Å²) < 4.78 is 0. The van der Waals surface area contributed by atoms with Gasteiger partial charge < -0.3 is 11.2 Å². The summed E-state index contributed by atoms with van der Waals surface area (Å²) in [5.74, 6) is 0. The fraction of sp³-hybridized carbons (Fsp3) is 1.00. The summed E-state index contributed by atoms with van der Waals surface area (Å²) in [5, 5.41) is 0. The van der Waals surface area contributed by atoms with Crippen molar-refractivity contribution in [2.24, 2.45) is 5.73 Å². The Morgan fingerprint density at radius 3 is 1.33 bits per heavy atom. The zero-order valence-electron chi connectivity index (χ0n) is 4.60. The van der Waals surface area contributed by atoms with E-state index in [-0.39, 0.29) is 56.9 Å². The maximum atomic E-state index is 5.11. The van der Waals surface area contributed by atoms with Crippen LogP contribution in [-0.2, 0) is 0 Å². The average molecular weight is 115 g/mol. The molecule has 0 aromatic carbocycles. The van der Waals surface area contributed by atoms with Gasteiger partial charge in [-0.25, -0.2) is 0 Å². The SMILES string of the molecule is CC(C)N.[K+].[OH-]. The molecule has 0 aromatic rings. The quantitative estimate of drug-likeness (QED) is 0.346. The Bertz CT molecular complexity index is 15.5. The van der Waals surface area contributed by atoms with E-state index in [0.717, 1.165) is 0 Å². The number of nitrogens with two attached hydrogens (primary N) is 1. The van der Waals surface area contributed by atoms with Gasteiger partial charge >= 0.3 is 51.4 Å². The van der Waals surface area contributed by atoms with E-state index in [0.29, 0.717) is 6.04 Å². The molecular weight excluding hydrogens is 105 g/mol. The molecule has 0 saturated carbocycles. The second-order valence-corrected chi connectivity index (χ2v) is 1.24. The maximum Gasteiger partial charge on any atom is 1.00 e. The van der Waals surface area contributed by atoms with Crippen molar-refractivity contribution in [3.63, 3.8) is 0 Å². The molecule has 3 N–H and O–H groups in total. The van der Waals surface area contributed by atoms with Crippen LogP contribution < -0.4 is 57.1 Å². The van der Waals surface area contributed by atoms with Gasteiger partial charge in [0.15, 0.2) is 0 Å². The second kappa shape index (κ2) is 9.75. The Balaban J connectivity index is -0.0000000450. The molecule has 6 heavy (non-hydrogen) atoms. The van der Waals surface area contributed by atoms with Gasteiger partial charge in [-0.15, -0.1) is 0 Å². The number of rotatable bonds is 0. The molecule has 0 bridgehead atoms. The fourth-order valence-electron chi connectivity index (χ4n) is 0. The summed E-state index contributed by atoms with van der Waals surface area (Å²) >= 11 is 0. The Hall–Kier alpha value is 1.56. The standard InChI is InChI=1S/C3H9N.K.H2O/c1-3(2)4;;/h3H,4H2,1-2H3;;1H2/q;+1;/p-1. The first-order valence-electron chi connectivity index (χ1n) is 1.49. The Morgan fingerprint density at radius 2 is 1.33 bits per heavy atom. The van der Waals surface area contributed by atoms with Crippen molar-refractivity contribution < 1.29 is 56.9 Å². The molecule has 0 aromatic heterocycles. The molecule has 3 heteroatoms. The smallest absolute Gasteiger partial charge is 0.870 e.